The average Bonchev–Trinajstić information content (AvgIpc) is 2.84. The predicted molar refractivity (Wildman–Crippen MR) is 73.0 cm³/mol. The van der Waals surface area contributed by atoms with E-state index in [1.54, 1.807) is 6.20 Å². The van der Waals surface area contributed by atoms with Crippen LogP contribution in [-0.4, -0.2) is 21.9 Å². The van der Waals surface area contributed by atoms with Gasteiger partial charge in [-0.2, -0.15) is 5.10 Å². The van der Waals surface area contributed by atoms with E-state index < -0.39 is 11.6 Å². The van der Waals surface area contributed by atoms with Crippen LogP contribution in [0.25, 0.3) is 16.6 Å². The Morgan fingerprint density at radius 2 is 2.05 bits per heavy atom. The normalized spacial score (nSPS) is 11.0. The molecule has 0 radical (unpaired) electrons. The zero-order valence-electron chi connectivity index (χ0n) is 10.3. The molecular weight excluding hydrogens is 332 g/mol. The predicted octanol–water partition coefficient (Wildman–Crippen LogP) is 3.47. The summed E-state index contributed by atoms with van der Waals surface area (Å²) in [6, 6.07) is 3.32. The smallest absolute Gasteiger partial charge is 0.228 e. The van der Waals surface area contributed by atoms with Gasteiger partial charge in [-0.3, -0.25) is 0 Å². The van der Waals surface area contributed by atoms with Crippen LogP contribution >= 0.6 is 15.9 Å². The molecule has 2 aromatic heterocycles. The van der Waals surface area contributed by atoms with E-state index in [4.69, 9.17) is 4.74 Å². The zero-order valence-corrected chi connectivity index (χ0v) is 11.9. The molecule has 20 heavy (non-hydrogen) atoms. The van der Waals surface area contributed by atoms with Crippen LogP contribution in [0.15, 0.2) is 35.1 Å². The van der Waals surface area contributed by atoms with Crippen molar-refractivity contribution in [1.82, 2.24) is 14.8 Å². The van der Waals surface area contributed by atoms with Crippen molar-refractivity contribution in [1.29, 1.82) is 0 Å². The number of hydrogen-bond donors (Lipinski definition) is 0. The Morgan fingerprint density at radius 3 is 2.75 bits per heavy atom. The van der Waals surface area contributed by atoms with Gasteiger partial charge in [-0.15, -0.1) is 0 Å². The Kier molecular flexibility index (Phi) is 3.13. The Hall–Kier alpha value is -2.02. The van der Waals surface area contributed by atoms with E-state index in [0.29, 0.717) is 15.9 Å². The summed E-state index contributed by atoms with van der Waals surface area (Å²) in [5, 5.41) is 4.84. The fraction of sp³-hybridized carbons (Fsp3) is 0.0769. The SMILES string of the molecule is COc1ncc2c(cnn2-c2ccc(F)cc2F)c1Br. The van der Waals surface area contributed by atoms with Crippen molar-refractivity contribution in [2.45, 2.75) is 0 Å². The van der Waals surface area contributed by atoms with E-state index in [1.165, 1.54) is 30.1 Å². The molecule has 0 amide bonds. The Balaban J connectivity index is 2.25. The minimum atomic E-state index is -0.693. The Labute approximate surface area is 121 Å². The van der Waals surface area contributed by atoms with Gasteiger partial charge in [0.05, 0.1) is 29.5 Å². The van der Waals surface area contributed by atoms with Gasteiger partial charge in [-0.1, -0.05) is 0 Å². The molecular formula is C13H8BrF2N3O. The van der Waals surface area contributed by atoms with Crippen LogP contribution < -0.4 is 4.74 Å². The molecule has 0 unspecified atom stereocenters. The van der Waals surface area contributed by atoms with Crippen molar-refractivity contribution in [2.24, 2.45) is 0 Å². The summed E-state index contributed by atoms with van der Waals surface area (Å²) in [6.45, 7) is 0. The minimum absolute atomic E-state index is 0.153. The summed E-state index contributed by atoms with van der Waals surface area (Å²) in [5.41, 5.74) is 0.739. The standard InChI is InChI=1S/C13H8BrF2N3O/c1-20-13-12(14)8-5-18-19(11(8)6-17-13)10-3-2-7(15)4-9(10)16/h2-6H,1H3. The van der Waals surface area contributed by atoms with Gasteiger partial charge >= 0.3 is 0 Å². The fourth-order valence-electron chi connectivity index (χ4n) is 1.93. The lowest BCUT2D eigenvalue weighted by Crippen LogP contribution is -2.00. The van der Waals surface area contributed by atoms with Crippen molar-refractivity contribution < 1.29 is 13.5 Å². The van der Waals surface area contributed by atoms with E-state index in [9.17, 15) is 8.78 Å². The van der Waals surface area contributed by atoms with Crippen molar-refractivity contribution >= 4 is 26.8 Å². The number of pyridine rings is 1. The first-order valence-corrected chi connectivity index (χ1v) is 6.42. The van der Waals surface area contributed by atoms with Gasteiger partial charge in [0, 0.05) is 11.5 Å². The van der Waals surface area contributed by atoms with Crippen molar-refractivity contribution in [2.75, 3.05) is 7.11 Å². The Bertz CT molecular complexity index is 804. The second kappa shape index (κ2) is 4.82. The molecule has 0 saturated carbocycles. The molecule has 2 heterocycles. The van der Waals surface area contributed by atoms with Gasteiger partial charge in [0.15, 0.2) is 5.82 Å². The van der Waals surface area contributed by atoms with E-state index in [0.717, 1.165) is 11.5 Å². The van der Waals surface area contributed by atoms with Gasteiger partial charge in [0.1, 0.15) is 11.5 Å². The van der Waals surface area contributed by atoms with Crippen LogP contribution in [0.3, 0.4) is 0 Å². The first-order chi connectivity index (χ1) is 9.61. The number of aromatic nitrogens is 3. The van der Waals surface area contributed by atoms with Crippen molar-refractivity contribution in [3.63, 3.8) is 0 Å². The number of rotatable bonds is 2. The number of ether oxygens (including phenoxy) is 1. The summed E-state index contributed by atoms with van der Waals surface area (Å²) in [4.78, 5) is 4.10. The third-order valence-electron chi connectivity index (χ3n) is 2.87. The molecule has 0 spiro atoms. The first kappa shape index (κ1) is 13.0. The maximum absolute atomic E-state index is 13.8. The summed E-state index contributed by atoms with van der Waals surface area (Å²) in [7, 11) is 1.50. The third kappa shape index (κ3) is 1.94. The summed E-state index contributed by atoms with van der Waals surface area (Å²) in [5.74, 6) is -0.915. The van der Waals surface area contributed by atoms with E-state index in [2.05, 4.69) is 26.0 Å². The molecule has 102 valence electrons. The highest BCUT2D eigenvalue weighted by atomic mass is 79.9. The van der Waals surface area contributed by atoms with Crippen LogP contribution in [0.1, 0.15) is 0 Å². The van der Waals surface area contributed by atoms with Gasteiger partial charge in [0.2, 0.25) is 5.88 Å². The number of hydrogen-bond acceptors (Lipinski definition) is 3. The number of fused-ring (bicyclic) bond motifs is 1. The highest BCUT2D eigenvalue weighted by molar-refractivity contribution is 9.10. The zero-order chi connectivity index (χ0) is 14.3. The highest BCUT2D eigenvalue weighted by Gasteiger charge is 2.15. The van der Waals surface area contributed by atoms with Crippen LogP contribution in [0.4, 0.5) is 8.78 Å². The van der Waals surface area contributed by atoms with E-state index >= 15 is 0 Å². The monoisotopic (exact) mass is 339 g/mol. The lowest BCUT2D eigenvalue weighted by molar-refractivity contribution is 0.396. The molecule has 3 rings (SSSR count). The lowest BCUT2D eigenvalue weighted by atomic mass is 10.3. The number of nitrogens with zero attached hydrogens (tertiary/aromatic N) is 3. The number of halogens is 3. The molecule has 0 aliphatic rings. The summed E-state index contributed by atoms with van der Waals surface area (Å²) in [6.07, 6.45) is 3.08. The van der Waals surface area contributed by atoms with Gasteiger partial charge in [0.25, 0.3) is 0 Å². The second-order valence-electron chi connectivity index (χ2n) is 4.03. The maximum Gasteiger partial charge on any atom is 0.228 e. The molecule has 0 aliphatic carbocycles. The molecule has 7 heteroatoms. The Morgan fingerprint density at radius 1 is 1.25 bits per heavy atom. The molecule has 0 saturated heterocycles. The molecule has 0 bridgehead atoms. The van der Waals surface area contributed by atoms with Crippen LogP contribution in [-0.2, 0) is 0 Å². The van der Waals surface area contributed by atoms with Gasteiger partial charge in [-0.25, -0.2) is 18.4 Å². The average molecular weight is 340 g/mol. The molecule has 3 aromatic rings. The topological polar surface area (TPSA) is 39.9 Å². The molecule has 0 aliphatic heterocycles. The molecule has 4 nitrogen and oxygen atoms in total. The summed E-state index contributed by atoms with van der Waals surface area (Å²) < 4.78 is 33.9. The number of methoxy groups -OCH3 is 1. The first-order valence-electron chi connectivity index (χ1n) is 5.63. The quantitative estimate of drug-likeness (QED) is 0.717. The number of benzene rings is 1. The third-order valence-corrected chi connectivity index (χ3v) is 3.63. The highest BCUT2D eigenvalue weighted by Crippen LogP contribution is 2.32. The van der Waals surface area contributed by atoms with Crippen LogP contribution in [0, 0.1) is 11.6 Å². The molecule has 0 N–H and O–H groups in total. The second-order valence-corrected chi connectivity index (χ2v) is 4.83. The van der Waals surface area contributed by atoms with Crippen LogP contribution in [0.2, 0.25) is 0 Å². The minimum Gasteiger partial charge on any atom is -0.480 e. The molecule has 0 atom stereocenters. The lowest BCUT2D eigenvalue weighted by Gasteiger charge is -2.06. The van der Waals surface area contributed by atoms with Crippen molar-refractivity contribution in [3.05, 3.63) is 46.7 Å². The van der Waals surface area contributed by atoms with Gasteiger partial charge in [-0.05, 0) is 28.1 Å². The van der Waals surface area contributed by atoms with E-state index in [1.807, 2.05) is 0 Å². The van der Waals surface area contributed by atoms with Gasteiger partial charge < -0.3 is 4.74 Å². The van der Waals surface area contributed by atoms with Crippen molar-refractivity contribution in [3.8, 4) is 11.6 Å². The maximum atomic E-state index is 13.8. The van der Waals surface area contributed by atoms with E-state index in [-0.39, 0.29) is 5.69 Å². The largest absolute Gasteiger partial charge is 0.480 e. The molecule has 1 aromatic carbocycles. The summed E-state index contributed by atoms with van der Waals surface area (Å²) >= 11 is 3.36. The fourth-order valence-corrected chi connectivity index (χ4v) is 2.50. The van der Waals surface area contributed by atoms with Crippen LogP contribution in [0.5, 0.6) is 5.88 Å². The molecule has 0 fully saturated rings.